The molecule has 0 saturated heterocycles. The van der Waals surface area contributed by atoms with E-state index in [0.717, 1.165) is 18.1 Å². The molecule has 0 amide bonds. The van der Waals surface area contributed by atoms with Crippen molar-refractivity contribution in [3.8, 4) is 0 Å². The van der Waals surface area contributed by atoms with Crippen molar-refractivity contribution in [1.29, 1.82) is 0 Å². The van der Waals surface area contributed by atoms with Gasteiger partial charge in [0.2, 0.25) is 0 Å². The molecule has 0 aliphatic heterocycles. The number of carbonyl (C=O) groups excluding carboxylic acids is 1. The summed E-state index contributed by atoms with van der Waals surface area (Å²) >= 11 is 1.77. The second-order valence-electron chi connectivity index (χ2n) is 4.25. The molecular weight excluding hydrogens is 180 g/mol. The van der Waals surface area contributed by atoms with Crippen LogP contribution >= 0.6 is 11.8 Å². The maximum Gasteiger partial charge on any atom is 0.143 e. The molecule has 0 aromatic heterocycles. The molecule has 0 radical (unpaired) electrons. The minimum absolute atomic E-state index is 0.464. The fourth-order valence-electron chi connectivity index (χ4n) is 1.86. The molecule has 0 heterocycles. The number of ketones is 1. The molecule has 1 fully saturated rings. The largest absolute Gasteiger partial charge is 0.299 e. The van der Waals surface area contributed by atoms with Crippen molar-refractivity contribution in [3.63, 3.8) is 0 Å². The third-order valence-electron chi connectivity index (χ3n) is 2.57. The molecule has 0 unspecified atom stereocenters. The predicted octanol–water partition coefficient (Wildman–Crippen LogP) is 3.28. The van der Waals surface area contributed by atoms with Gasteiger partial charge < -0.3 is 0 Å². The lowest BCUT2D eigenvalue weighted by molar-refractivity contribution is -0.117. The highest BCUT2D eigenvalue weighted by Crippen LogP contribution is 2.28. The summed E-state index contributed by atoms with van der Waals surface area (Å²) in [7, 11) is 0. The first-order valence-electron chi connectivity index (χ1n) is 5.32. The smallest absolute Gasteiger partial charge is 0.143 e. The summed E-state index contributed by atoms with van der Waals surface area (Å²) in [6.45, 7) is 4.29. The van der Waals surface area contributed by atoms with Gasteiger partial charge in [0.1, 0.15) is 5.78 Å². The normalized spacial score (nSPS) is 18.4. The Hall–Kier alpha value is 0.0200. The molecule has 76 valence electrons. The van der Waals surface area contributed by atoms with Gasteiger partial charge in [-0.05, 0) is 11.2 Å². The number of hydrogen-bond acceptors (Lipinski definition) is 2. The highest BCUT2D eigenvalue weighted by molar-refractivity contribution is 8.00. The van der Waals surface area contributed by atoms with Crippen LogP contribution in [0.25, 0.3) is 0 Å². The first-order chi connectivity index (χ1) is 6.18. The monoisotopic (exact) mass is 200 g/mol. The number of thioether (sulfide) groups is 1. The number of hydrogen-bond donors (Lipinski definition) is 0. The molecule has 0 aromatic carbocycles. The average Bonchev–Trinajstić information content (AvgIpc) is 2.53. The Labute approximate surface area is 85.7 Å². The highest BCUT2D eigenvalue weighted by atomic mass is 32.2. The van der Waals surface area contributed by atoms with Crippen LogP contribution in [0, 0.1) is 5.92 Å². The van der Waals surface area contributed by atoms with Crippen molar-refractivity contribution in [1.82, 2.24) is 0 Å². The van der Waals surface area contributed by atoms with E-state index in [2.05, 4.69) is 13.8 Å². The minimum atomic E-state index is 0.464. The maximum atomic E-state index is 11.5. The molecular formula is C11H20OS. The van der Waals surface area contributed by atoms with Crippen LogP contribution in [0.15, 0.2) is 0 Å². The van der Waals surface area contributed by atoms with Crippen LogP contribution in [0.5, 0.6) is 0 Å². The van der Waals surface area contributed by atoms with Crippen LogP contribution in [0.2, 0.25) is 0 Å². The van der Waals surface area contributed by atoms with Crippen LogP contribution < -0.4 is 0 Å². The Morgan fingerprint density at radius 1 is 1.38 bits per heavy atom. The standard InChI is InChI=1S/C11H20OS/c1-9(2)13-8-11(12)7-10-5-3-4-6-10/h9-10H,3-8H2,1-2H3. The van der Waals surface area contributed by atoms with Gasteiger partial charge in [0, 0.05) is 6.42 Å². The van der Waals surface area contributed by atoms with Gasteiger partial charge >= 0.3 is 0 Å². The SMILES string of the molecule is CC(C)SCC(=O)CC1CCCC1. The lowest BCUT2D eigenvalue weighted by atomic mass is 10.0. The van der Waals surface area contributed by atoms with Crippen molar-refractivity contribution in [2.75, 3.05) is 5.75 Å². The quantitative estimate of drug-likeness (QED) is 0.677. The van der Waals surface area contributed by atoms with E-state index in [9.17, 15) is 4.79 Å². The second-order valence-corrected chi connectivity index (χ2v) is 5.82. The Kier molecular flexibility index (Phi) is 4.86. The molecule has 0 bridgehead atoms. The van der Waals surface area contributed by atoms with Gasteiger partial charge in [-0.15, -0.1) is 0 Å². The van der Waals surface area contributed by atoms with E-state index >= 15 is 0 Å². The van der Waals surface area contributed by atoms with E-state index in [1.54, 1.807) is 11.8 Å². The van der Waals surface area contributed by atoms with E-state index in [-0.39, 0.29) is 0 Å². The summed E-state index contributed by atoms with van der Waals surface area (Å²) in [5.41, 5.74) is 0. The lowest BCUT2D eigenvalue weighted by Crippen LogP contribution is -2.09. The van der Waals surface area contributed by atoms with Gasteiger partial charge in [0.05, 0.1) is 5.75 Å². The molecule has 1 nitrogen and oxygen atoms in total. The molecule has 1 aliphatic carbocycles. The topological polar surface area (TPSA) is 17.1 Å². The van der Waals surface area contributed by atoms with E-state index in [1.165, 1.54) is 25.7 Å². The Morgan fingerprint density at radius 2 is 2.00 bits per heavy atom. The molecule has 0 atom stereocenters. The fourth-order valence-corrected chi connectivity index (χ4v) is 2.49. The summed E-state index contributed by atoms with van der Waals surface area (Å²) in [4.78, 5) is 11.5. The highest BCUT2D eigenvalue weighted by Gasteiger charge is 2.18. The van der Waals surface area contributed by atoms with E-state index in [1.807, 2.05) is 0 Å². The molecule has 13 heavy (non-hydrogen) atoms. The van der Waals surface area contributed by atoms with E-state index in [4.69, 9.17) is 0 Å². The van der Waals surface area contributed by atoms with Gasteiger partial charge in [0.15, 0.2) is 0 Å². The zero-order valence-electron chi connectivity index (χ0n) is 8.71. The molecule has 0 aromatic rings. The number of Topliss-reactive ketones (excluding diaryl/α,β-unsaturated/α-hetero) is 1. The van der Waals surface area contributed by atoms with Crippen molar-refractivity contribution < 1.29 is 4.79 Å². The Morgan fingerprint density at radius 3 is 2.54 bits per heavy atom. The van der Waals surface area contributed by atoms with Gasteiger partial charge in [-0.3, -0.25) is 4.79 Å². The van der Waals surface area contributed by atoms with Gasteiger partial charge in [-0.2, -0.15) is 11.8 Å². The fraction of sp³-hybridized carbons (Fsp3) is 0.909. The molecule has 1 saturated carbocycles. The van der Waals surface area contributed by atoms with Crippen molar-refractivity contribution in [2.24, 2.45) is 5.92 Å². The maximum absolute atomic E-state index is 11.5. The minimum Gasteiger partial charge on any atom is -0.299 e. The Balaban J connectivity index is 2.09. The van der Waals surface area contributed by atoms with Gasteiger partial charge in [-0.25, -0.2) is 0 Å². The molecule has 1 rings (SSSR count). The lowest BCUT2D eigenvalue weighted by Gasteiger charge is -2.08. The Bertz CT molecular complexity index is 159. The van der Waals surface area contributed by atoms with Crippen LogP contribution in [0.1, 0.15) is 46.0 Å². The third kappa shape index (κ3) is 4.70. The predicted molar refractivity (Wildman–Crippen MR) is 59.2 cm³/mol. The number of carbonyl (C=O) groups is 1. The zero-order chi connectivity index (χ0) is 9.68. The molecule has 0 N–H and O–H groups in total. The average molecular weight is 200 g/mol. The van der Waals surface area contributed by atoms with Crippen LogP contribution in [0.3, 0.4) is 0 Å². The summed E-state index contributed by atoms with van der Waals surface area (Å²) < 4.78 is 0. The summed E-state index contributed by atoms with van der Waals surface area (Å²) in [5.74, 6) is 1.92. The van der Waals surface area contributed by atoms with Crippen LogP contribution in [0.4, 0.5) is 0 Å². The van der Waals surface area contributed by atoms with Crippen molar-refractivity contribution in [2.45, 2.75) is 51.2 Å². The van der Waals surface area contributed by atoms with Gasteiger partial charge in [0.25, 0.3) is 0 Å². The summed E-state index contributed by atoms with van der Waals surface area (Å²) in [6, 6.07) is 0. The first kappa shape index (κ1) is 11.1. The summed E-state index contributed by atoms with van der Waals surface area (Å²) in [6.07, 6.45) is 6.11. The first-order valence-corrected chi connectivity index (χ1v) is 6.36. The number of rotatable bonds is 5. The second kappa shape index (κ2) is 5.69. The third-order valence-corrected chi connectivity index (χ3v) is 3.72. The van der Waals surface area contributed by atoms with E-state index in [0.29, 0.717) is 11.0 Å². The molecule has 2 heteroatoms. The molecule has 1 aliphatic rings. The molecule has 0 spiro atoms. The van der Waals surface area contributed by atoms with Crippen molar-refractivity contribution in [3.05, 3.63) is 0 Å². The van der Waals surface area contributed by atoms with E-state index < -0.39 is 0 Å². The van der Waals surface area contributed by atoms with Crippen molar-refractivity contribution >= 4 is 17.5 Å². The summed E-state index contributed by atoms with van der Waals surface area (Å²) in [5, 5.41) is 0.590. The van der Waals surface area contributed by atoms with Gasteiger partial charge in [-0.1, -0.05) is 39.5 Å². The van der Waals surface area contributed by atoms with Crippen LogP contribution in [-0.2, 0) is 4.79 Å². The zero-order valence-corrected chi connectivity index (χ0v) is 9.53. The van der Waals surface area contributed by atoms with Crippen LogP contribution in [-0.4, -0.2) is 16.8 Å².